The van der Waals surface area contributed by atoms with Crippen molar-refractivity contribution in [3.63, 3.8) is 0 Å². The highest BCUT2D eigenvalue weighted by Gasteiger charge is 2.29. The number of amides is 1. The molecule has 2 unspecified atom stereocenters. The highest BCUT2D eigenvalue weighted by Crippen LogP contribution is 2.31. The van der Waals surface area contributed by atoms with Crippen LogP contribution >= 0.6 is 0 Å². The second-order valence-corrected chi connectivity index (χ2v) is 5.93. The molecule has 0 radical (unpaired) electrons. The van der Waals surface area contributed by atoms with Gasteiger partial charge in [0.2, 0.25) is 5.91 Å². The van der Waals surface area contributed by atoms with Crippen LogP contribution in [0, 0.1) is 11.8 Å². The van der Waals surface area contributed by atoms with E-state index < -0.39 is 11.9 Å². The van der Waals surface area contributed by atoms with Crippen LogP contribution < -0.4 is 10.6 Å². The molecule has 2 rings (SSSR count). The maximum absolute atomic E-state index is 12.3. The van der Waals surface area contributed by atoms with Gasteiger partial charge in [0.05, 0.1) is 11.8 Å². The van der Waals surface area contributed by atoms with Gasteiger partial charge >= 0.3 is 5.97 Å². The van der Waals surface area contributed by atoms with E-state index in [1.807, 2.05) is 38.1 Å². The first-order chi connectivity index (χ1) is 9.99. The zero-order valence-corrected chi connectivity index (χ0v) is 12.4. The summed E-state index contributed by atoms with van der Waals surface area (Å²) in [5.74, 6) is -1.44. The van der Waals surface area contributed by atoms with Gasteiger partial charge < -0.3 is 15.7 Å². The van der Waals surface area contributed by atoms with Crippen LogP contribution in [-0.2, 0) is 9.59 Å². The number of rotatable bonds is 6. The van der Waals surface area contributed by atoms with Gasteiger partial charge in [0, 0.05) is 18.8 Å². The lowest BCUT2D eigenvalue weighted by molar-refractivity contribution is -0.142. The summed E-state index contributed by atoms with van der Waals surface area (Å²) in [7, 11) is 0. The van der Waals surface area contributed by atoms with E-state index in [-0.39, 0.29) is 24.3 Å². The standard InChI is InChI=1S/C16H22N2O3/c1-10(2)7-11(16(20)21)8-18-15(19)13-9-17-14-6-4-3-5-12(13)14/h3-6,10-11,13,17H,7-9H2,1-2H3,(H,18,19)(H,20,21). The molecular weight excluding hydrogens is 268 g/mol. The molecule has 1 heterocycles. The first kappa shape index (κ1) is 15.4. The minimum Gasteiger partial charge on any atom is -0.481 e. The Morgan fingerprint density at radius 2 is 2.10 bits per heavy atom. The summed E-state index contributed by atoms with van der Waals surface area (Å²) in [5.41, 5.74) is 1.96. The number of aliphatic carboxylic acids is 1. The number of fused-ring (bicyclic) bond motifs is 1. The van der Waals surface area contributed by atoms with Crippen molar-refractivity contribution < 1.29 is 14.7 Å². The molecule has 5 heteroatoms. The lowest BCUT2D eigenvalue weighted by Crippen LogP contribution is -2.37. The molecule has 2 atom stereocenters. The molecule has 21 heavy (non-hydrogen) atoms. The van der Waals surface area contributed by atoms with Crippen molar-refractivity contribution >= 4 is 17.6 Å². The lowest BCUT2D eigenvalue weighted by atomic mass is 9.96. The zero-order chi connectivity index (χ0) is 15.4. The van der Waals surface area contributed by atoms with Crippen LogP contribution in [0.1, 0.15) is 31.7 Å². The first-order valence-corrected chi connectivity index (χ1v) is 7.32. The second kappa shape index (κ2) is 6.61. The molecule has 0 aromatic heterocycles. The van der Waals surface area contributed by atoms with E-state index in [9.17, 15) is 14.7 Å². The highest BCUT2D eigenvalue weighted by atomic mass is 16.4. The van der Waals surface area contributed by atoms with Crippen molar-refractivity contribution in [3.05, 3.63) is 29.8 Å². The molecule has 0 fully saturated rings. The smallest absolute Gasteiger partial charge is 0.308 e. The van der Waals surface area contributed by atoms with Crippen LogP contribution in [-0.4, -0.2) is 30.1 Å². The molecule has 0 saturated heterocycles. The van der Waals surface area contributed by atoms with E-state index in [0.29, 0.717) is 13.0 Å². The quantitative estimate of drug-likeness (QED) is 0.749. The average Bonchev–Trinajstić information content (AvgIpc) is 2.86. The number of para-hydroxylation sites is 1. The molecule has 5 nitrogen and oxygen atoms in total. The number of carboxylic acid groups (broad SMARTS) is 1. The Kier molecular flexibility index (Phi) is 4.83. The van der Waals surface area contributed by atoms with E-state index >= 15 is 0 Å². The fraction of sp³-hybridized carbons (Fsp3) is 0.500. The Bertz CT molecular complexity index is 528. The molecule has 0 saturated carbocycles. The van der Waals surface area contributed by atoms with Gasteiger partial charge in [0.1, 0.15) is 0 Å². The van der Waals surface area contributed by atoms with E-state index in [1.54, 1.807) is 0 Å². The Hall–Kier alpha value is -2.04. The number of benzene rings is 1. The molecule has 1 aliphatic rings. The van der Waals surface area contributed by atoms with Gasteiger partial charge in [0.15, 0.2) is 0 Å². The van der Waals surface area contributed by atoms with Gasteiger partial charge in [-0.3, -0.25) is 9.59 Å². The van der Waals surface area contributed by atoms with Gasteiger partial charge in [-0.2, -0.15) is 0 Å². The van der Waals surface area contributed by atoms with Gasteiger partial charge in [0.25, 0.3) is 0 Å². The molecule has 1 aliphatic heterocycles. The minimum absolute atomic E-state index is 0.109. The van der Waals surface area contributed by atoms with Gasteiger partial charge in [-0.05, 0) is 24.0 Å². The summed E-state index contributed by atoms with van der Waals surface area (Å²) in [4.78, 5) is 23.5. The average molecular weight is 290 g/mol. The van der Waals surface area contributed by atoms with Gasteiger partial charge in [-0.25, -0.2) is 0 Å². The van der Waals surface area contributed by atoms with Crippen molar-refractivity contribution in [2.45, 2.75) is 26.2 Å². The van der Waals surface area contributed by atoms with Gasteiger partial charge in [-0.15, -0.1) is 0 Å². The maximum atomic E-state index is 12.3. The van der Waals surface area contributed by atoms with Crippen molar-refractivity contribution in [1.82, 2.24) is 5.32 Å². The number of carbonyl (C=O) groups is 2. The Labute approximate surface area is 124 Å². The van der Waals surface area contributed by atoms with Crippen molar-refractivity contribution in [2.24, 2.45) is 11.8 Å². The number of hydrogen-bond acceptors (Lipinski definition) is 3. The summed E-state index contributed by atoms with van der Waals surface area (Å²) < 4.78 is 0. The largest absolute Gasteiger partial charge is 0.481 e. The second-order valence-electron chi connectivity index (χ2n) is 5.93. The molecule has 114 valence electrons. The highest BCUT2D eigenvalue weighted by molar-refractivity contribution is 5.88. The van der Waals surface area contributed by atoms with Gasteiger partial charge in [-0.1, -0.05) is 32.0 Å². The van der Waals surface area contributed by atoms with Crippen LogP contribution in [0.5, 0.6) is 0 Å². The lowest BCUT2D eigenvalue weighted by Gasteiger charge is -2.17. The summed E-state index contributed by atoms with van der Waals surface area (Å²) >= 11 is 0. The third kappa shape index (κ3) is 3.74. The molecular formula is C16H22N2O3. The maximum Gasteiger partial charge on any atom is 0.308 e. The van der Waals surface area contributed by atoms with Crippen LogP contribution in [0.4, 0.5) is 5.69 Å². The summed E-state index contributed by atoms with van der Waals surface area (Å²) in [6.45, 7) is 4.71. The van der Waals surface area contributed by atoms with Crippen LogP contribution in [0.15, 0.2) is 24.3 Å². The van der Waals surface area contributed by atoms with E-state index in [4.69, 9.17) is 0 Å². The number of anilines is 1. The Balaban J connectivity index is 1.95. The summed E-state index contributed by atoms with van der Waals surface area (Å²) in [5, 5.41) is 15.2. The summed E-state index contributed by atoms with van der Waals surface area (Å²) in [6.07, 6.45) is 0.565. The Morgan fingerprint density at radius 3 is 2.76 bits per heavy atom. The molecule has 1 aromatic carbocycles. The topological polar surface area (TPSA) is 78.4 Å². The molecule has 0 spiro atoms. The predicted molar refractivity (Wildman–Crippen MR) is 81.3 cm³/mol. The van der Waals surface area contributed by atoms with Crippen LogP contribution in [0.2, 0.25) is 0 Å². The zero-order valence-electron chi connectivity index (χ0n) is 12.4. The number of carbonyl (C=O) groups excluding carboxylic acids is 1. The van der Waals surface area contributed by atoms with Crippen molar-refractivity contribution in [1.29, 1.82) is 0 Å². The fourth-order valence-corrected chi connectivity index (χ4v) is 2.71. The molecule has 1 aromatic rings. The Morgan fingerprint density at radius 1 is 1.38 bits per heavy atom. The molecule has 3 N–H and O–H groups in total. The monoisotopic (exact) mass is 290 g/mol. The fourth-order valence-electron chi connectivity index (χ4n) is 2.71. The first-order valence-electron chi connectivity index (χ1n) is 7.32. The third-order valence-electron chi connectivity index (χ3n) is 3.78. The SMILES string of the molecule is CC(C)CC(CNC(=O)C1CNc2ccccc21)C(=O)O. The van der Waals surface area contributed by atoms with E-state index in [0.717, 1.165) is 11.3 Å². The predicted octanol–water partition coefficient (Wildman–Crippen LogP) is 2.06. The number of nitrogens with one attached hydrogen (secondary N) is 2. The number of hydrogen-bond donors (Lipinski definition) is 3. The minimum atomic E-state index is -0.853. The third-order valence-corrected chi connectivity index (χ3v) is 3.78. The normalized spacial score (nSPS) is 18.0. The number of carboxylic acids is 1. The van der Waals surface area contributed by atoms with E-state index in [1.165, 1.54) is 0 Å². The molecule has 1 amide bonds. The van der Waals surface area contributed by atoms with Crippen LogP contribution in [0.3, 0.4) is 0 Å². The summed E-state index contributed by atoms with van der Waals surface area (Å²) in [6, 6.07) is 7.71. The van der Waals surface area contributed by atoms with Crippen molar-refractivity contribution in [2.75, 3.05) is 18.4 Å². The van der Waals surface area contributed by atoms with E-state index in [2.05, 4.69) is 10.6 Å². The molecule has 0 bridgehead atoms. The van der Waals surface area contributed by atoms with Crippen LogP contribution in [0.25, 0.3) is 0 Å². The van der Waals surface area contributed by atoms with Crippen molar-refractivity contribution in [3.8, 4) is 0 Å². The molecule has 0 aliphatic carbocycles.